The molecule has 0 aromatic heterocycles. The van der Waals surface area contributed by atoms with Crippen LogP contribution in [-0.4, -0.2) is 47.3 Å². The van der Waals surface area contributed by atoms with Crippen LogP contribution in [-0.2, 0) is 4.79 Å². The van der Waals surface area contributed by atoms with E-state index in [0.717, 1.165) is 13.1 Å². The minimum absolute atomic E-state index is 0.157. The molecule has 0 aromatic carbocycles. The van der Waals surface area contributed by atoms with E-state index in [1.807, 2.05) is 11.8 Å². The summed E-state index contributed by atoms with van der Waals surface area (Å²) in [6.45, 7) is 7.69. The summed E-state index contributed by atoms with van der Waals surface area (Å²) in [5.74, 6) is -0.778. The van der Waals surface area contributed by atoms with Crippen LogP contribution in [0.3, 0.4) is 0 Å². The van der Waals surface area contributed by atoms with Crippen molar-refractivity contribution in [2.45, 2.75) is 27.2 Å². The minimum atomic E-state index is -0.778. The summed E-state index contributed by atoms with van der Waals surface area (Å²) in [6.07, 6.45) is 0.698. The second kappa shape index (κ2) is 5.98. The molecule has 4 heteroatoms. The topological polar surface area (TPSA) is 60.8 Å². The number of rotatable bonds is 7. The third-order valence-electron chi connectivity index (χ3n) is 2.28. The quantitative estimate of drug-likeness (QED) is 0.642. The highest BCUT2D eigenvalue weighted by Crippen LogP contribution is 2.17. The molecule has 0 heterocycles. The van der Waals surface area contributed by atoms with Crippen LogP contribution in [0.2, 0.25) is 0 Å². The molecule has 0 fully saturated rings. The van der Waals surface area contributed by atoms with Crippen molar-refractivity contribution >= 4 is 5.97 Å². The molecule has 0 unspecified atom stereocenters. The number of carboxylic acids is 1. The predicted molar refractivity (Wildman–Crippen MR) is 55.2 cm³/mol. The molecule has 0 aliphatic rings. The highest BCUT2D eigenvalue weighted by atomic mass is 16.4. The number of carbonyl (C=O) groups is 1. The predicted octanol–water partition coefficient (Wildman–Crippen LogP) is 0.802. The number of aliphatic hydroxyl groups is 1. The Morgan fingerprint density at radius 2 is 2.00 bits per heavy atom. The van der Waals surface area contributed by atoms with Gasteiger partial charge in [0.1, 0.15) is 0 Å². The van der Waals surface area contributed by atoms with Crippen LogP contribution >= 0.6 is 0 Å². The van der Waals surface area contributed by atoms with Crippen LogP contribution in [0.5, 0.6) is 0 Å². The normalized spacial score (nSPS) is 12.1. The van der Waals surface area contributed by atoms with Gasteiger partial charge in [-0.1, -0.05) is 6.92 Å². The molecule has 2 N–H and O–H groups in total. The van der Waals surface area contributed by atoms with Crippen molar-refractivity contribution in [3.8, 4) is 0 Å². The van der Waals surface area contributed by atoms with Crippen LogP contribution in [0.15, 0.2) is 0 Å². The van der Waals surface area contributed by atoms with Crippen molar-refractivity contribution in [2.75, 3.05) is 26.2 Å². The SMILES string of the molecule is CCN(CCCO)CC(C)(C)C(=O)O. The number of aliphatic carboxylic acids is 1. The Morgan fingerprint density at radius 3 is 2.36 bits per heavy atom. The standard InChI is InChI=1S/C10H21NO3/c1-4-11(6-5-7-12)8-10(2,3)9(13)14/h12H,4-8H2,1-3H3,(H,13,14). The van der Waals surface area contributed by atoms with Gasteiger partial charge in [0.2, 0.25) is 0 Å². The molecule has 0 atom stereocenters. The Morgan fingerprint density at radius 1 is 1.43 bits per heavy atom. The summed E-state index contributed by atoms with van der Waals surface area (Å²) < 4.78 is 0. The molecule has 0 spiro atoms. The molecule has 0 amide bonds. The van der Waals surface area contributed by atoms with E-state index < -0.39 is 11.4 Å². The first-order chi connectivity index (χ1) is 6.44. The first kappa shape index (κ1) is 13.4. The van der Waals surface area contributed by atoms with E-state index in [-0.39, 0.29) is 6.61 Å². The Kier molecular flexibility index (Phi) is 5.72. The second-order valence-corrected chi connectivity index (χ2v) is 4.13. The van der Waals surface area contributed by atoms with Crippen LogP contribution in [0.1, 0.15) is 27.2 Å². The van der Waals surface area contributed by atoms with Crippen molar-refractivity contribution < 1.29 is 15.0 Å². The first-order valence-electron chi connectivity index (χ1n) is 5.00. The summed E-state index contributed by atoms with van der Waals surface area (Å²) in [6, 6.07) is 0. The van der Waals surface area contributed by atoms with Gasteiger partial charge in [0.05, 0.1) is 5.41 Å². The first-order valence-corrected chi connectivity index (χ1v) is 5.00. The molecule has 84 valence electrons. The molecule has 14 heavy (non-hydrogen) atoms. The van der Waals surface area contributed by atoms with Gasteiger partial charge in [0.25, 0.3) is 0 Å². The van der Waals surface area contributed by atoms with Gasteiger partial charge in [-0.15, -0.1) is 0 Å². The number of hydrogen-bond acceptors (Lipinski definition) is 3. The fourth-order valence-corrected chi connectivity index (χ4v) is 1.27. The Balaban J connectivity index is 4.09. The number of aliphatic hydroxyl groups excluding tert-OH is 1. The Labute approximate surface area is 85.5 Å². The molecule has 0 bridgehead atoms. The Hall–Kier alpha value is -0.610. The lowest BCUT2D eigenvalue weighted by molar-refractivity contribution is -0.148. The van der Waals surface area contributed by atoms with Gasteiger partial charge in [-0.05, 0) is 26.8 Å². The Bertz CT molecular complexity index is 180. The number of carboxylic acid groups (broad SMARTS) is 1. The van der Waals surface area contributed by atoms with E-state index in [2.05, 4.69) is 0 Å². The van der Waals surface area contributed by atoms with Gasteiger partial charge in [-0.3, -0.25) is 4.79 Å². The zero-order valence-corrected chi connectivity index (χ0v) is 9.29. The van der Waals surface area contributed by atoms with Gasteiger partial charge < -0.3 is 15.1 Å². The van der Waals surface area contributed by atoms with Crippen LogP contribution in [0.25, 0.3) is 0 Å². The summed E-state index contributed by atoms with van der Waals surface area (Å²) >= 11 is 0. The molecule has 4 nitrogen and oxygen atoms in total. The van der Waals surface area contributed by atoms with E-state index in [0.29, 0.717) is 13.0 Å². The monoisotopic (exact) mass is 203 g/mol. The van der Waals surface area contributed by atoms with Crippen LogP contribution in [0, 0.1) is 5.41 Å². The molecular formula is C10H21NO3. The maximum Gasteiger partial charge on any atom is 0.310 e. The third-order valence-corrected chi connectivity index (χ3v) is 2.28. The molecule has 0 rings (SSSR count). The zero-order valence-electron chi connectivity index (χ0n) is 9.29. The van der Waals surface area contributed by atoms with E-state index in [1.54, 1.807) is 13.8 Å². The smallest absolute Gasteiger partial charge is 0.310 e. The van der Waals surface area contributed by atoms with Gasteiger partial charge in [0.15, 0.2) is 0 Å². The van der Waals surface area contributed by atoms with Gasteiger partial charge in [-0.25, -0.2) is 0 Å². The molecule has 0 aromatic rings. The highest BCUT2D eigenvalue weighted by Gasteiger charge is 2.28. The zero-order chi connectivity index (χ0) is 11.2. The molecular weight excluding hydrogens is 182 g/mol. The van der Waals surface area contributed by atoms with Gasteiger partial charge in [-0.2, -0.15) is 0 Å². The summed E-state index contributed by atoms with van der Waals surface area (Å²) in [7, 11) is 0. The number of nitrogens with zero attached hydrogens (tertiary/aromatic N) is 1. The molecule has 0 saturated carbocycles. The summed E-state index contributed by atoms with van der Waals surface area (Å²) in [4.78, 5) is 12.9. The van der Waals surface area contributed by atoms with Crippen molar-refractivity contribution in [1.29, 1.82) is 0 Å². The van der Waals surface area contributed by atoms with Crippen molar-refractivity contribution in [3.63, 3.8) is 0 Å². The summed E-state index contributed by atoms with van der Waals surface area (Å²) in [5, 5.41) is 17.6. The molecule has 0 saturated heterocycles. The molecule has 0 aliphatic carbocycles. The van der Waals surface area contributed by atoms with Gasteiger partial charge in [0, 0.05) is 19.7 Å². The van der Waals surface area contributed by atoms with Crippen molar-refractivity contribution in [3.05, 3.63) is 0 Å². The van der Waals surface area contributed by atoms with Crippen LogP contribution < -0.4 is 0 Å². The maximum absolute atomic E-state index is 10.9. The van der Waals surface area contributed by atoms with E-state index in [4.69, 9.17) is 10.2 Å². The van der Waals surface area contributed by atoms with E-state index in [1.165, 1.54) is 0 Å². The average Bonchev–Trinajstić information content (AvgIpc) is 2.11. The van der Waals surface area contributed by atoms with E-state index in [9.17, 15) is 4.79 Å². The average molecular weight is 203 g/mol. The number of hydrogen-bond donors (Lipinski definition) is 2. The minimum Gasteiger partial charge on any atom is -0.481 e. The molecule has 0 radical (unpaired) electrons. The second-order valence-electron chi connectivity index (χ2n) is 4.13. The lowest BCUT2D eigenvalue weighted by Gasteiger charge is -2.28. The summed E-state index contributed by atoms with van der Waals surface area (Å²) in [5.41, 5.74) is -0.717. The lowest BCUT2D eigenvalue weighted by Crippen LogP contribution is -2.39. The largest absolute Gasteiger partial charge is 0.481 e. The van der Waals surface area contributed by atoms with Gasteiger partial charge >= 0.3 is 5.97 Å². The maximum atomic E-state index is 10.9. The fraction of sp³-hybridized carbons (Fsp3) is 0.900. The van der Waals surface area contributed by atoms with Crippen LogP contribution in [0.4, 0.5) is 0 Å². The van der Waals surface area contributed by atoms with Crippen molar-refractivity contribution in [1.82, 2.24) is 4.90 Å². The molecule has 0 aliphatic heterocycles. The highest BCUT2D eigenvalue weighted by molar-refractivity contribution is 5.73. The third kappa shape index (κ3) is 4.58. The van der Waals surface area contributed by atoms with E-state index >= 15 is 0 Å². The van der Waals surface area contributed by atoms with Crippen molar-refractivity contribution in [2.24, 2.45) is 5.41 Å². The fourth-order valence-electron chi connectivity index (χ4n) is 1.27. The lowest BCUT2D eigenvalue weighted by atomic mass is 9.93.